The summed E-state index contributed by atoms with van der Waals surface area (Å²) in [5, 5.41) is 19.7. The van der Waals surface area contributed by atoms with Crippen molar-refractivity contribution in [1.82, 2.24) is 15.1 Å². The first-order valence-corrected chi connectivity index (χ1v) is 11.8. The van der Waals surface area contributed by atoms with E-state index < -0.39 is 51.3 Å². The fraction of sp³-hybridized carbons (Fsp3) is 0.500. The highest BCUT2D eigenvalue weighted by atomic mass is 31.2. The van der Waals surface area contributed by atoms with Gasteiger partial charge >= 0.3 is 7.75 Å². The molecular formula is C14H22N6O9P2. The van der Waals surface area contributed by atoms with Crippen LogP contribution in [0.15, 0.2) is 23.3 Å². The molecule has 17 heteroatoms. The predicted molar refractivity (Wildman–Crippen MR) is 106 cm³/mol. The molecule has 3 unspecified atom stereocenters. The van der Waals surface area contributed by atoms with E-state index in [0.29, 0.717) is 12.8 Å². The average Bonchev–Trinajstić information content (AvgIpc) is 3.15. The molecule has 15 nitrogen and oxygen atoms in total. The Bertz CT molecular complexity index is 910. The van der Waals surface area contributed by atoms with Crippen LogP contribution < -0.4 is 10.6 Å². The molecule has 0 spiro atoms. The summed E-state index contributed by atoms with van der Waals surface area (Å²) in [6, 6.07) is 3.48. The van der Waals surface area contributed by atoms with Crippen molar-refractivity contribution in [3.8, 4) is 0 Å². The number of nitro groups is 1. The van der Waals surface area contributed by atoms with Gasteiger partial charge in [0.25, 0.3) is 19.8 Å². The summed E-state index contributed by atoms with van der Waals surface area (Å²) >= 11 is 0. The Morgan fingerprint density at radius 1 is 1.42 bits per heavy atom. The molecule has 1 amide bonds. The smallest absolute Gasteiger partial charge is 0.359 e. The third-order valence-corrected chi connectivity index (χ3v) is 7.06. The van der Waals surface area contributed by atoms with Gasteiger partial charge in [0.2, 0.25) is 0 Å². The molecule has 2 rings (SSSR count). The first kappa shape index (κ1) is 25.2. The van der Waals surface area contributed by atoms with E-state index in [9.17, 15) is 24.0 Å². The summed E-state index contributed by atoms with van der Waals surface area (Å²) in [5.74, 6) is -0.713. The molecule has 1 saturated heterocycles. The van der Waals surface area contributed by atoms with E-state index in [1.807, 2.05) is 0 Å². The van der Waals surface area contributed by atoms with Crippen LogP contribution >= 0.6 is 15.9 Å². The van der Waals surface area contributed by atoms with Gasteiger partial charge in [0.05, 0.1) is 16.7 Å². The summed E-state index contributed by atoms with van der Waals surface area (Å²) in [6.45, 7) is -0.103. The average molecular weight is 480 g/mol. The van der Waals surface area contributed by atoms with Gasteiger partial charge in [0, 0.05) is 25.7 Å². The van der Waals surface area contributed by atoms with Crippen LogP contribution in [-0.2, 0) is 13.9 Å². The number of hydrogen-bond donors (Lipinski definition) is 6. The van der Waals surface area contributed by atoms with E-state index in [4.69, 9.17) is 24.9 Å². The largest absolute Gasteiger partial charge is 0.410 e. The zero-order valence-corrected chi connectivity index (χ0v) is 17.9. The SMILES string of the molecule is N=Nc1ccc([N+](=O)[O-])c(C(=O)NCCNC2CCC(CN([PH](=O)O)P(=O)(O)O)O2)c1. The van der Waals surface area contributed by atoms with Crippen molar-refractivity contribution < 1.29 is 38.3 Å². The summed E-state index contributed by atoms with van der Waals surface area (Å²) in [4.78, 5) is 49.9. The highest BCUT2D eigenvalue weighted by molar-refractivity contribution is 7.59. The fourth-order valence-electron chi connectivity index (χ4n) is 2.92. The number of amides is 1. The van der Waals surface area contributed by atoms with Crippen molar-refractivity contribution in [2.45, 2.75) is 25.2 Å². The Kier molecular flexibility index (Phi) is 8.91. The van der Waals surface area contributed by atoms with E-state index >= 15 is 0 Å². The van der Waals surface area contributed by atoms with Crippen molar-refractivity contribution in [2.75, 3.05) is 19.6 Å². The highest BCUT2D eigenvalue weighted by Gasteiger charge is 2.35. The number of ether oxygens (including phenoxy) is 1. The zero-order chi connectivity index (χ0) is 23.2. The van der Waals surface area contributed by atoms with E-state index in [1.165, 1.54) is 6.07 Å². The Morgan fingerprint density at radius 3 is 2.71 bits per heavy atom. The number of nitrogens with one attached hydrogen (secondary N) is 3. The van der Waals surface area contributed by atoms with Crippen LogP contribution in [0.1, 0.15) is 23.2 Å². The van der Waals surface area contributed by atoms with Gasteiger partial charge in [0.1, 0.15) is 11.8 Å². The first-order valence-electron chi connectivity index (χ1n) is 8.92. The van der Waals surface area contributed by atoms with Gasteiger partial charge < -0.3 is 24.7 Å². The highest BCUT2D eigenvalue weighted by Crippen LogP contribution is 2.50. The Balaban J connectivity index is 1.82. The van der Waals surface area contributed by atoms with Crippen LogP contribution in [0, 0.1) is 15.6 Å². The molecule has 1 heterocycles. The van der Waals surface area contributed by atoms with Crippen LogP contribution in [0.25, 0.3) is 0 Å². The van der Waals surface area contributed by atoms with Gasteiger partial charge in [0.15, 0.2) is 0 Å². The second kappa shape index (κ2) is 11.0. The van der Waals surface area contributed by atoms with E-state index in [0.717, 1.165) is 12.1 Å². The van der Waals surface area contributed by atoms with Gasteiger partial charge in [-0.25, -0.2) is 10.1 Å². The number of benzene rings is 1. The van der Waals surface area contributed by atoms with Crippen molar-refractivity contribution in [2.24, 2.45) is 5.11 Å². The number of nitro benzene ring substituents is 1. The quantitative estimate of drug-likeness (QED) is 0.0855. The summed E-state index contributed by atoms with van der Waals surface area (Å²) in [6.07, 6.45) is -0.301. The topological polar surface area (TPSA) is 228 Å². The maximum Gasteiger partial charge on any atom is 0.410 e. The van der Waals surface area contributed by atoms with Crippen LogP contribution in [0.5, 0.6) is 0 Å². The molecule has 1 fully saturated rings. The molecule has 3 atom stereocenters. The molecule has 0 bridgehead atoms. The normalized spacial score (nSPS) is 19.9. The Hall–Kier alpha value is -2.09. The maximum atomic E-state index is 12.3. The number of hydrogen-bond acceptors (Lipinski definition) is 9. The third-order valence-electron chi connectivity index (χ3n) is 4.35. The molecule has 172 valence electrons. The van der Waals surface area contributed by atoms with Gasteiger partial charge in [-0.3, -0.25) is 24.8 Å². The standard InChI is InChI=1S/C14H22N6O9P2/c15-18-9-1-3-12(20(22)23)11(7-9)14(21)17-6-5-16-13-4-2-10(29-13)8-19(30(24)25)31(26,27)28/h1,3,7,10,13,15-16,30H,2,4-6,8H2,(H,17,21)(H,24,25)(H2,26,27,28). The summed E-state index contributed by atoms with van der Waals surface area (Å²) in [7, 11) is -8.49. The van der Waals surface area contributed by atoms with Gasteiger partial charge in [-0.1, -0.05) is 0 Å². The molecule has 0 aliphatic carbocycles. The number of nitrogens with zero attached hydrogens (tertiary/aromatic N) is 3. The zero-order valence-electron chi connectivity index (χ0n) is 16.0. The molecule has 6 N–H and O–H groups in total. The Morgan fingerprint density at radius 2 is 2.13 bits per heavy atom. The van der Waals surface area contributed by atoms with Crippen molar-refractivity contribution in [3.63, 3.8) is 0 Å². The third kappa shape index (κ3) is 7.23. The second-order valence-corrected chi connectivity index (χ2v) is 9.47. The lowest BCUT2D eigenvalue weighted by atomic mass is 10.1. The van der Waals surface area contributed by atoms with Crippen LogP contribution in [0.4, 0.5) is 11.4 Å². The van der Waals surface area contributed by atoms with E-state index in [1.54, 1.807) is 0 Å². The minimum absolute atomic E-state index is 0.0850. The first-order chi connectivity index (χ1) is 14.5. The second-order valence-electron chi connectivity index (χ2n) is 6.48. The maximum absolute atomic E-state index is 12.3. The molecule has 1 aromatic rings. The number of carbonyl (C=O) groups excluding carboxylic acids is 1. The number of carbonyl (C=O) groups is 1. The lowest BCUT2D eigenvalue weighted by molar-refractivity contribution is -0.385. The molecule has 0 saturated carbocycles. The van der Waals surface area contributed by atoms with Gasteiger partial charge in [-0.05, 0) is 25.0 Å². The minimum Gasteiger partial charge on any atom is -0.359 e. The summed E-state index contributed by atoms with van der Waals surface area (Å²) in [5.41, 5.74) is 6.41. The molecule has 0 radical (unpaired) electrons. The van der Waals surface area contributed by atoms with Gasteiger partial charge in [-0.2, -0.15) is 5.11 Å². The van der Waals surface area contributed by atoms with E-state index in [-0.39, 0.29) is 28.8 Å². The molecule has 1 aliphatic heterocycles. The molecular weight excluding hydrogens is 458 g/mol. The van der Waals surface area contributed by atoms with Crippen LogP contribution in [0.3, 0.4) is 0 Å². The van der Waals surface area contributed by atoms with Crippen LogP contribution in [-0.4, -0.2) is 61.9 Å². The predicted octanol–water partition coefficient (Wildman–Crippen LogP) is 0.858. The summed E-state index contributed by atoms with van der Waals surface area (Å²) < 4.78 is 28.2. The Labute approximate surface area is 176 Å². The lowest BCUT2D eigenvalue weighted by Gasteiger charge is -2.23. The van der Waals surface area contributed by atoms with Crippen molar-refractivity contribution in [1.29, 1.82) is 5.53 Å². The number of rotatable bonds is 11. The fourth-order valence-corrected chi connectivity index (χ4v) is 4.56. The molecule has 31 heavy (non-hydrogen) atoms. The minimum atomic E-state index is -4.89. The van der Waals surface area contributed by atoms with Gasteiger partial charge in [-0.15, -0.1) is 4.44 Å². The monoisotopic (exact) mass is 480 g/mol. The van der Waals surface area contributed by atoms with Crippen molar-refractivity contribution in [3.05, 3.63) is 33.9 Å². The molecule has 0 aromatic heterocycles. The van der Waals surface area contributed by atoms with E-state index in [2.05, 4.69) is 15.7 Å². The van der Waals surface area contributed by atoms with Crippen LogP contribution in [0.2, 0.25) is 0 Å². The lowest BCUT2D eigenvalue weighted by Crippen LogP contribution is -2.37. The van der Waals surface area contributed by atoms with Crippen molar-refractivity contribution >= 4 is 33.2 Å². The molecule has 1 aromatic carbocycles. The molecule has 1 aliphatic rings.